The van der Waals surface area contributed by atoms with Crippen LogP contribution in [0.1, 0.15) is 15.9 Å². The summed E-state index contributed by atoms with van der Waals surface area (Å²) in [5.74, 6) is -0.615. The highest BCUT2D eigenvalue weighted by molar-refractivity contribution is 6.28. The molecule has 0 aliphatic carbocycles. The van der Waals surface area contributed by atoms with Crippen molar-refractivity contribution in [1.29, 1.82) is 0 Å². The molecule has 0 amide bonds. The Morgan fingerprint density at radius 3 is 2.55 bits per heavy atom. The zero-order valence-corrected chi connectivity index (χ0v) is 11.3. The zero-order chi connectivity index (χ0) is 14.5. The van der Waals surface area contributed by atoms with Crippen LogP contribution in [0.25, 0.3) is 0 Å². The predicted molar refractivity (Wildman–Crippen MR) is 78.3 cm³/mol. The van der Waals surface area contributed by atoms with E-state index in [1.165, 1.54) is 12.1 Å². The van der Waals surface area contributed by atoms with Gasteiger partial charge in [-0.05, 0) is 18.2 Å². The van der Waals surface area contributed by atoms with Crippen LogP contribution in [0.2, 0.25) is 0 Å². The monoisotopic (exact) mass is 290 g/mol. The summed E-state index contributed by atoms with van der Waals surface area (Å²) >= 11 is 5.57. The largest absolute Gasteiger partial charge is 0.386 e. The summed E-state index contributed by atoms with van der Waals surface area (Å²) in [6.45, 7) is 0. The van der Waals surface area contributed by atoms with Gasteiger partial charge in [-0.15, -0.1) is 11.6 Å². The fourth-order valence-corrected chi connectivity index (χ4v) is 1.78. The standard InChI is InChI=1S/C15H12ClFN2O/c16-9-14(18)19-13-7-6-11(17)8-12(13)15(20)10-4-2-1-3-5-10/h1-8H,9H2,(H2,18,19). The highest BCUT2D eigenvalue weighted by Crippen LogP contribution is 2.23. The van der Waals surface area contributed by atoms with Crippen LogP contribution in [0.4, 0.5) is 10.1 Å². The number of nitrogens with zero attached hydrogens (tertiary/aromatic N) is 1. The molecular formula is C15H12ClFN2O. The first-order valence-corrected chi connectivity index (χ1v) is 6.43. The topological polar surface area (TPSA) is 55.4 Å². The quantitative estimate of drug-likeness (QED) is 0.406. The summed E-state index contributed by atoms with van der Waals surface area (Å²) in [6, 6.07) is 12.4. The lowest BCUT2D eigenvalue weighted by Crippen LogP contribution is -2.13. The van der Waals surface area contributed by atoms with Crippen molar-refractivity contribution in [3.8, 4) is 0 Å². The van der Waals surface area contributed by atoms with Crippen molar-refractivity contribution in [2.45, 2.75) is 0 Å². The predicted octanol–water partition coefficient (Wildman–Crippen LogP) is 3.28. The van der Waals surface area contributed by atoms with Crippen LogP contribution in [-0.2, 0) is 0 Å². The molecule has 0 fully saturated rings. The highest BCUT2D eigenvalue weighted by Gasteiger charge is 2.14. The molecule has 102 valence electrons. The van der Waals surface area contributed by atoms with Crippen LogP contribution in [-0.4, -0.2) is 17.5 Å². The first kappa shape index (κ1) is 14.2. The molecule has 20 heavy (non-hydrogen) atoms. The van der Waals surface area contributed by atoms with Gasteiger partial charge in [-0.25, -0.2) is 9.38 Å². The van der Waals surface area contributed by atoms with Crippen LogP contribution in [0.15, 0.2) is 53.5 Å². The molecule has 2 N–H and O–H groups in total. The van der Waals surface area contributed by atoms with Crippen LogP contribution in [0.5, 0.6) is 0 Å². The number of alkyl halides is 1. The maximum absolute atomic E-state index is 13.4. The smallest absolute Gasteiger partial charge is 0.195 e. The second-order valence-corrected chi connectivity index (χ2v) is 4.36. The molecule has 2 rings (SSSR count). The molecule has 5 heteroatoms. The van der Waals surface area contributed by atoms with Gasteiger partial charge in [0.1, 0.15) is 11.7 Å². The van der Waals surface area contributed by atoms with Gasteiger partial charge in [0, 0.05) is 5.56 Å². The molecule has 0 aromatic heterocycles. The van der Waals surface area contributed by atoms with E-state index in [0.717, 1.165) is 6.07 Å². The SMILES string of the molecule is NC(CCl)=Nc1ccc(F)cc1C(=O)c1ccccc1. The van der Waals surface area contributed by atoms with Gasteiger partial charge in [-0.2, -0.15) is 0 Å². The molecule has 0 unspecified atom stereocenters. The number of halogens is 2. The van der Waals surface area contributed by atoms with E-state index in [0.29, 0.717) is 11.3 Å². The second-order valence-electron chi connectivity index (χ2n) is 4.09. The third-order valence-electron chi connectivity index (χ3n) is 2.64. The van der Waals surface area contributed by atoms with Crippen molar-refractivity contribution in [2.24, 2.45) is 10.7 Å². The Morgan fingerprint density at radius 1 is 1.20 bits per heavy atom. The summed E-state index contributed by atoms with van der Waals surface area (Å²) < 4.78 is 13.4. The number of rotatable bonds is 4. The molecular weight excluding hydrogens is 279 g/mol. The first-order valence-electron chi connectivity index (χ1n) is 5.90. The fraction of sp³-hybridized carbons (Fsp3) is 0.0667. The Balaban J connectivity index is 2.50. The number of carbonyl (C=O) groups is 1. The van der Waals surface area contributed by atoms with E-state index >= 15 is 0 Å². The van der Waals surface area contributed by atoms with Crippen molar-refractivity contribution < 1.29 is 9.18 Å². The lowest BCUT2D eigenvalue weighted by molar-refractivity contribution is 0.103. The molecule has 0 radical (unpaired) electrons. The number of aliphatic imine (C=N–C) groups is 1. The third kappa shape index (κ3) is 3.22. The molecule has 3 nitrogen and oxygen atoms in total. The highest BCUT2D eigenvalue weighted by atomic mass is 35.5. The van der Waals surface area contributed by atoms with Gasteiger partial charge in [0.2, 0.25) is 0 Å². The van der Waals surface area contributed by atoms with Gasteiger partial charge >= 0.3 is 0 Å². The van der Waals surface area contributed by atoms with Crippen molar-refractivity contribution in [3.63, 3.8) is 0 Å². The average molecular weight is 291 g/mol. The summed E-state index contributed by atoms with van der Waals surface area (Å²) in [6.07, 6.45) is 0. The number of carbonyl (C=O) groups excluding carboxylic acids is 1. The molecule has 0 aliphatic rings. The second kappa shape index (κ2) is 6.30. The Hall–Kier alpha value is -2.20. The van der Waals surface area contributed by atoms with E-state index in [-0.39, 0.29) is 23.1 Å². The van der Waals surface area contributed by atoms with Crippen LogP contribution in [0.3, 0.4) is 0 Å². The molecule has 0 spiro atoms. The number of nitrogens with two attached hydrogens (primary N) is 1. The van der Waals surface area contributed by atoms with E-state index in [2.05, 4.69) is 4.99 Å². The van der Waals surface area contributed by atoms with Crippen LogP contribution >= 0.6 is 11.6 Å². The number of hydrogen-bond donors (Lipinski definition) is 1. The van der Waals surface area contributed by atoms with E-state index in [9.17, 15) is 9.18 Å². The Morgan fingerprint density at radius 2 is 1.90 bits per heavy atom. The Labute approximate surface area is 120 Å². The van der Waals surface area contributed by atoms with Crippen molar-refractivity contribution >= 4 is 28.9 Å². The van der Waals surface area contributed by atoms with Gasteiger partial charge < -0.3 is 5.73 Å². The molecule has 0 atom stereocenters. The Kier molecular flexibility index (Phi) is 4.48. The van der Waals surface area contributed by atoms with Gasteiger partial charge in [-0.3, -0.25) is 4.79 Å². The van der Waals surface area contributed by atoms with E-state index in [4.69, 9.17) is 17.3 Å². The molecule has 0 heterocycles. The first-order chi connectivity index (χ1) is 9.61. The van der Waals surface area contributed by atoms with Gasteiger partial charge in [0.05, 0.1) is 17.1 Å². The minimum atomic E-state index is -0.507. The normalized spacial score (nSPS) is 11.4. The van der Waals surface area contributed by atoms with Crippen molar-refractivity contribution in [1.82, 2.24) is 0 Å². The van der Waals surface area contributed by atoms with E-state index in [1.54, 1.807) is 30.3 Å². The number of ketones is 1. The number of benzene rings is 2. The average Bonchev–Trinajstić information content (AvgIpc) is 2.49. The summed E-state index contributed by atoms with van der Waals surface area (Å²) in [5, 5.41) is 0. The summed E-state index contributed by atoms with van der Waals surface area (Å²) in [5.41, 5.74) is 6.48. The van der Waals surface area contributed by atoms with E-state index < -0.39 is 5.82 Å². The molecule has 2 aromatic rings. The van der Waals surface area contributed by atoms with Crippen molar-refractivity contribution in [3.05, 3.63) is 65.5 Å². The maximum Gasteiger partial charge on any atom is 0.195 e. The maximum atomic E-state index is 13.4. The number of hydrogen-bond acceptors (Lipinski definition) is 2. The fourth-order valence-electron chi connectivity index (χ4n) is 1.72. The zero-order valence-electron chi connectivity index (χ0n) is 10.5. The summed E-state index contributed by atoms with van der Waals surface area (Å²) in [7, 11) is 0. The minimum absolute atomic E-state index is 0.0380. The van der Waals surface area contributed by atoms with Crippen molar-refractivity contribution in [2.75, 3.05) is 5.88 Å². The lowest BCUT2D eigenvalue weighted by Gasteiger charge is -2.06. The van der Waals surface area contributed by atoms with Gasteiger partial charge in [-0.1, -0.05) is 30.3 Å². The van der Waals surface area contributed by atoms with Crippen LogP contribution < -0.4 is 5.73 Å². The minimum Gasteiger partial charge on any atom is -0.386 e. The number of amidine groups is 1. The van der Waals surface area contributed by atoms with Gasteiger partial charge in [0.25, 0.3) is 0 Å². The Bertz CT molecular complexity index is 656. The summed E-state index contributed by atoms with van der Waals surface area (Å²) in [4.78, 5) is 16.4. The molecule has 0 saturated carbocycles. The van der Waals surface area contributed by atoms with Gasteiger partial charge in [0.15, 0.2) is 5.78 Å². The lowest BCUT2D eigenvalue weighted by atomic mass is 10.0. The van der Waals surface area contributed by atoms with Crippen LogP contribution in [0, 0.1) is 5.82 Å². The third-order valence-corrected chi connectivity index (χ3v) is 2.91. The molecule has 2 aromatic carbocycles. The molecule has 0 saturated heterocycles. The molecule has 0 aliphatic heterocycles. The molecule has 0 bridgehead atoms. The van der Waals surface area contributed by atoms with E-state index in [1.807, 2.05) is 0 Å².